The van der Waals surface area contributed by atoms with Gasteiger partial charge in [0.15, 0.2) is 0 Å². The molecule has 1 saturated carbocycles. The monoisotopic (exact) mass is 280 g/mol. The second kappa shape index (κ2) is 7.06. The molecule has 0 spiro atoms. The summed E-state index contributed by atoms with van der Waals surface area (Å²) >= 11 is 1.69. The number of hydrogen-bond acceptors (Lipinski definition) is 3. The normalized spacial score (nSPS) is 16.6. The van der Waals surface area contributed by atoms with Crippen molar-refractivity contribution in [3.8, 4) is 0 Å². The Balaban J connectivity index is 1.77. The highest BCUT2D eigenvalue weighted by atomic mass is 32.1. The highest BCUT2D eigenvalue weighted by Gasteiger charge is 2.25. The van der Waals surface area contributed by atoms with Gasteiger partial charge in [-0.05, 0) is 50.1 Å². The maximum absolute atomic E-state index is 12.1. The lowest BCUT2D eigenvalue weighted by Gasteiger charge is -2.22. The van der Waals surface area contributed by atoms with E-state index >= 15 is 0 Å². The topological polar surface area (TPSA) is 32.3 Å². The predicted octanol–water partition coefficient (Wildman–Crippen LogP) is 3.05. The summed E-state index contributed by atoms with van der Waals surface area (Å²) in [4.78, 5) is 15.6. The van der Waals surface area contributed by atoms with Crippen LogP contribution in [0.2, 0.25) is 0 Å². The van der Waals surface area contributed by atoms with Crippen LogP contribution >= 0.6 is 11.3 Å². The Hall–Kier alpha value is -0.870. The van der Waals surface area contributed by atoms with E-state index in [1.807, 2.05) is 6.07 Å². The second-order valence-corrected chi connectivity index (χ2v) is 6.46. The Morgan fingerprint density at radius 2 is 2.37 bits per heavy atom. The first-order valence-electron chi connectivity index (χ1n) is 7.24. The molecule has 1 N–H and O–H groups in total. The van der Waals surface area contributed by atoms with Crippen LogP contribution < -0.4 is 5.32 Å². The molecule has 0 aromatic carbocycles. The molecule has 1 aliphatic carbocycles. The van der Waals surface area contributed by atoms with Gasteiger partial charge in [0, 0.05) is 11.4 Å². The quantitative estimate of drug-likeness (QED) is 0.794. The molecule has 1 aromatic heterocycles. The molecule has 4 heteroatoms. The maximum atomic E-state index is 12.1. The van der Waals surface area contributed by atoms with E-state index in [4.69, 9.17) is 0 Å². The van der Waals surface area contributed by atoms with Gasteiger partial charge in [0.1, 0.15) is 0 Å². The van der Waals surface area contributed by atoms with E-state index in [1.54, 1.807) is 11.3 Å². The Labute approximate surface area is 120 Å². The molecule has 0 saturated heterocycles. The zero-order valence-corrected chi connectivity index (χ0v) is 12.7. The SMILES string of the molecule is CCCN(CC(=O)NC(C)c1cccs1)CC1CC1. The molecule has 106 valence electrons. The van der Waals surface area contributed by atoms with E-state index in [1.165, 1.54) is 17.7 Å². The number of hydrogen-bond donors (Lipinski definition) is 1. The second-order valence-electron chi connectivity index (χ2n) is 5.48. The van der Waals surface area contributed by atoms with Crippen LogP contribution in [0.15, 0.2) is 17.5 Å². The van der Waals surface area contributed by atoms with Crippen molar-refractivity contribution < 1.29 is 4.79 Å². The van der Waals surface area contributed by atoms with Crippen molar-refractivity contribution in [3.63, 3.8) is 0 Å². The number of nitrogens with zero attached hydrogens (tertiary/aromatic N) is 1. The average Bonchev–Trinajstić information content (AvgIpc) is 3.00. The Kier molecular flexibility index (Phi) is 5.40. The number of amides is 1. The fourth-order valence-corrected chi connectivity index (χ4v) is 3.05. The molecule has 1 fully saturated rings. The van der Waals surface area contributed by atoms with Crippen LogP contribution in [0.1, 0.15) is 44.0 Å². The standard InChI is InChI=1S/C15H24N2OS/c1-3-8-17(10-13-6-7-13)11-15(18)16-12(2)14-5-4-9-19-14/h4-5,9,12-13H,3,6-8,10-11H2,1-2H3,(H,16,18). The molecule has 1 unspecified atom stereocenters. The minimum Gasteiger partial charge on any atom is -0.348 e. The molecule has 1 heterocycles. The third kappa shape index (κ3) is 4.96. The minimum atomic E-state index is 0.122. The predicted molar refractivity (Wildman–Crippen MR) is 80.3 cm³/mol. The number of rotatable bonds is 8. The van der Waals surface area contributed by atoms with Crippen molar-refractivity contribution in [2.24, 2.45) is 5.92 Å². The van der Waals surface area contributed by atoms with Gasteiger partial charge >= 0.3 is 0 Å². The number of thiophene rings is 1. The first-order chi connectivity index (χ1) is 9.19. The van der Waals surface area contributed by atoms with Gasteiger partial charge in [-0.1, -0.05) is 13.0 Å². The smallest absolute Gasteiger partial charge is 0.234 e. The third-order valence-corrected chi connectivity index (χ3v) is 4.52. The van der Waals surface area contributed by atoms with Crippen LogP contribution in [0, 0.1) is 5.92 Å². The van der Waals surface area contributed by atoms with Crippen molar-refractivity contribution in [3.05, 3.63) is 22.4 Å². The molecule has 1 atom stereocenters. The Morgan fingerprint density at radius 1 is 1.58 bits per heavy atom. The molecular weight excluding hydrogens is 256 g/mol. The third-order valence-electron chi connectivity index (χ3n) is 3.47. The van der Waals surface area contributed by atoms with E-state index < -0.39 is 0 Å². The highest BCUT2D eigenvalue weighted by Crippen LogP contribution is 2.29. The van der Waals surface area contributed by atoms with Crippen LogP contribution in [0.3, 0.4) is 0 Å². The Bertz CT molecular complexity index is 387. The first-order valence-corrected chi connectivity index (χ1v) is 8.12. The summed E-state index contributed by atoms with van der Waals surface area (Å²) in [6.07, 6.45) is 3.79. The first kappa shape index (κ1) is 14.5. The molecule has 19 heavy (non-hydrogen) atoms. The van der Waals surface area contributed by atoms with Crippen LogP contribution in [0.25, 0.3) is 0 Å². The fourth-order valence-electron chi connectivity index (χ4n) is 2.32. The van der Waals surface area contributed by atoms with Crippen LogP contribution in [0.4, 0.5) is 0 Å². The molecule has 1 amide bonds. The molecule has 1 aliphatic rings. The summed E-state index contributed by atoms with van der Waals surface area (Å²) < 4.78 is 0. The Morgan fingerprint density at radius 3 is 2.95 bits per heavy atom. The molecule has 0 aliphatic heterocycles. The van der Waals surface area contributed by atoms with Crippen LogP contribution in [-0.2, 0) is 4.79 Å². The summed E-state index contributed by atoms with van der Waals surface area (Å²) in [5, 5.41) is 5.14. The van der Waals surface area contributed by atoms with E-state index in [2.05, 4.69) is 35.5 Å². The maximum Gasteiger partial charge on any atom is 0.234 e. The zero-order valence-electron chi connectivity index (χ0n) is 11.9. The summed E-state index contributed by atoms with van der Waals surface area (Å²) in [7, 11) is 0. The lowest BCUT2D eigenvalue weighted by atomic mass is 10.2. The van der Waals surface area contributed by atoms with Gasteiger partial charge in [-0.3, -0.25) is 9.69 Å². The lowest BCUT2D eigenvalue weighted by Crippen LogP contribution is -2.39. The van der Waals surface area contributed by atoms with Gasteiger partial charge in [-0.25, -0.2) is 0 Å². The van der Waals surface area contributed by atoms with Gasteiger partial charge in [-0.15, -0.1) is 11.3 Å². The highest BCUT2D eigenvalue weighted by molar-refractivity contribution is 7.10. The number of carbonyl (C=O) groups excluding carboxylic acids is 1. The van der Waals surface area contributed by atoms with Crippen molar-refractivity contribution >= 4 is 17.2 Å². The van der Waals surface area contributed by atoms with Crippen LogP contribution in [0.5, 0.6) is 0 Å². The van der Waals surface area contributed by atoms with Crippen molar-refractivity contribution in [1.82, 2.24) is 10.2 Å². The fraction of sp³-hybridized carbons (Fsp3) is 0.667. The van der Waals surface area contributed by atoms with E-state index in [9.17, 15) is 4.79 Å². The summed E-state index contributed by atoms with van der Waals surface area (Å²) in [5.41, 5.74) is 0. The molecule has 1 aromatic rings. The molecular formula is C15H24N2OS. The van der Waals surface area contributed by atoms with Crippen molar-refractivity contribution in [2.45, 2.75) is 39.2 Å². The van der Waals surface area contributed by atoms with Gasteiger partial charge in [0.25, 0.3) is 0 Å². The summed E-state index contributed by atoms with van der Waals surface area (Å²) in [6.45, 7) is 6.88. The summed E-state index contributed by atoms with van der Waals surface area (Å²) in [5.74, 6) is 0.990. The van der Waals surface area contributed by atoms with E-state index in [-0.39, 0.29) is 11.9 Å². The molecule has 3 nitrogen and oxygen atoms in total. The minimum absolute atomic E-state index is 0.122. The molecule has 0 radical (unpaired) electrons. The van der Waals surface area contributed by atoms with Gasteiger partial charge in [0.2, 0.25) is 5.91 Å². The van der Waals surface area contributed by atoms with Crippen LogP contribution in [-0.4, -0.2) is 30.4 Å². The van der Waals surface area contributed by atoms with Crippen molar-refractivity contribution in [1.29, 1.82) is 0 Å². The van der Waals surface area contributed by atoms with E-state index in [0.29, 0.717) is 6.54 Å². The number of carbonyl (C=O) groups is 1. The van der Waals surface area contributed by atoms with Gasteiger partial charge in [0.05, 0.1) is 12.6 Å². The average molecular weight is 280 g/mol. The van der Waals surface area contributed by atoms with E-state index in [0.717, 1.165) is 25.4 Å². The van der Waals surface area contributed by atoms with Crippen molar-refractivity contribution in [2.75, 3.05) is 19.6 Å². The molecule has 2 rings (SSSR count). The zero-order chi connectivity index (χ0) is 13.7. The van der Waals surface area contributed by atoms with Gasteiger partial charge in [-0.2, -0.15) is 0 Å². The lowest BCUT2D eigenvalue weighted by molar-refractivity contribution is -0.122. The molecule has 0 bridgehead atoms. The van der Waals surface area contributed by atoms with Gasteiger partial charge < -0.3 is 5.32 Å². The largest absolute Gasteiger partial charge is 0.348 e. The number of nitrogens with one attached hydrogen (secondary N) is 1. The summed E-state index contributed by atoms with van der Waals surface area (Å²) in [6, 6.07) is 4.22.